The molecule has 118 heavy (non-hydrogen) atoms. The van der Waals surface area contributed by atoms with Crippen LogP contribution in [-0.2, 0) is 0 Å². The normalized spacial score (nSPS) is 14.5. The zero-order valence-corrected chi connectivity index (χ0v) is 64.8. The van der Waals surface area contributed by atoms with Gasteiger partial charge in [0.15, 0.2) is 0 Å². The van der Waals surface area contributed by atoms with Crippen LogP contribution in [-0.4, -0.2) is 43.5 Å². The van der Waals surface area contributed by atoms with E-state index in [1.807, 2.05) is 11.8 Å². The number of thioether (sulfide) groups is 1. The maximum absolute atomic E-state index is 5.74. The third-order valence-electron chi connectivity index (χ3n) is 25.6. The Morgan fingerprint density at radius 3 is 1.55 bits per heavy atom. The van der Waals surface area contributed by atoms with Crippen molar-refractivity contribution in [2.75, 3.05) is 0 Å². The van der Waals surface area contributed by atoms with E-state index >= 15 is 0 Å². The molecule has 6 aromatic heterocycles. The van der Waals surface area contributed by atoms with Crippen LogP contribution in [0.4, 0.5) is 0 Å². The summed E-state index contributed by atoms with van der Waals surface area (Å²) in [5.41, 5.74) is 23.0. The molecule has 0 bridgehead atoms. The lowest BCUT2D eigenvalue weighted by molar-refractivity contribution is 0.812. The van der Waals surface area contributed by atoms with E-state index < -0.39 is 0 Å². The van der Waals surface area contributed by atoms with Crippen LogP contribution in [0.1, 0.15) is 11.6 Å². The summed E-state index contributed by atoms with van der Waals surface area (Å²) in [6.45, 7) is 0. The summed E-state index contributed by atoms with van der Waals surface area (Å²) in [7, 11) is 0. The molecule has 3 aliphatic rings. The molecule has 10 heteroatoms. The highest BCUT2D eigenvalue weighted by molar-refractivity contribution is 8.00. The molecule has 0 spiro atoms. The zero-order chi connectivity index (χ0) is 76.7. The van der Waals surface area contributed by atoms with Crippen LogP contribution < -0.4 is 0 Å². The summed E-state index contributed by atoms with van der Waals surface area (Å²) in [5, 5.41) is 23.8. The number of para-hydroxylation sites is 2. The first-order chi connectivity index (χ1) is 58.4. The fourth-order valence-electron chi connectivity index (χ4n) is 20.1. The molecule has 0 amide bonds. The van der Waals surface area contributed by atoms with Gasteiger partial charge in [-0.25, -0.2) is 19.9 Å². The van der Waals surface area contributed by atoms with Gasteiger partial charge in [0.1, 0.15) is 0 Å². The lowest BCUT2D eigenvalue weighted by Gasteiger charge is -2.30. The van der Waals surface area contributed by atoms with Gasteiger partial charge in [-0.1, -0.05) is 236 Å². The molecule has 27 rings (SSSR count). The van der Waals surface area contributed by atoms with E-state index in [-0.39, 0.29) is 11.2 Å². The van der Waals surface area contributed by atoms with Crippen molar-refractivity contribution >= 4 is 186 Å². The van der Waals surface area contributed by atoms with E-state index in [9.17, 15) is 0 Å². The van der Waals surface area contributed by atoms with Crippen molar-refractivity contribution in [2.45, 2.75) is 25.9 Å². The molecule has 0 N–H and O–H groups in total. The second kappa shape index (κ2) is 24.4. The SMILES string of the molecule is C1=CC2Sc3cccc4nc(-n5c6ccc(-c7ccc8c(c7)c7cc9ccccc9cc7n8-c7ccccc7)cc6c6cc7ccc(-c8ccc9ccc%10c%11cc(-c%12ccc%13c%14ccccc%14n(-c%14nc%15c%16c(cccc%16n%14)Sc%14ccccc%14-%15)c%13c%12)ccc%11n(-c%11ccc%12ccc%13ccccc%13c%12c%11)c%10c9c8)cc7cc65)nc(c34)C2C=C1. The molecule has 0 saturated carbocycles. The third kappa shape index (κ3) is 9.40. The number of hydrogen-bond donors (Lipinski definition) is 0. The Hall–Kier alpha value is -14.7. The lowest BCUT2D eigenvalue weighted by Crippen LogP contribution is -2.20. The van der Waals surface area contributed by atoms with Gasteiger partial charge in [-0.3, -0.25) is 9.13 Å². The van der Waals surface area contributed by atoms with Crippen molar-refractivity contribution in [3.63, 3.8) is 0 Å². The molecule has 2 atom stereocenters. The maximum Gasteiger partial charge on any atom is 0.235 e. The summed E-state index contributed by atoms with van der Waals surface area (Å²) < 4.78 is 9.58. The van der Waals surface area contributed by atoms with Crippen LogP contribution in [0, 0.1) is 0 Å². The van der Waals surface area contributed by atoms with Crippen LogP contribution in [0.15, 0.2) is 379 Å². The first-order valence-electron chi connectivity index (χ1n) is 40.4. The van der Waals surface area contributed by atoms with Crippen molar-refractivity contribution in [3.05, 3.63) is 370 Å². The van der Waals surface area contributed by atoms with E-state index in [1.165, 1.54) is 90.4 Å². The first kappa shape index (κ1) is 64.7. The van der Waals surface area contributed by atoms with Gasteiger partial charge in [0.05, 0.1) is 66.6 Å². The second-order valence-electron chi connectivity index (χ2n) is 31.9. The number of nitrogens with zero attached hydrogens (tertiary/aromatic N) is 8. The van der Waals surface area contributed by atoms with E-state index in [0.29, 0.717) is 11.9 Å². The minimum atomic E-state index is 0.105. The maximum atomic E-state index is 5.74. The molecule has 18 aromatic carbocycles. The molecule has 0 radical (unpaired) electrons. The molecule has 0 saturated heterocycles. The standard InChI is InChI=1S/C108H62N8S2/c1-2-19-74(20-3-1)113-92-47-41-68(54-85(92)87-52-64-17-4-5-18-65(64)57-96(87)113)69-43-49-94-86(55-69)88-56-71-37-36-66(50-73(71)59-97(88)116(94)108-110-90-26-15-31-101-103(90)105(112-108)81-24-10-13-29-99(81)118-101)67-35-34-63-39-46-79-84-53-70(42-48-93(84)114(106(79)83(63)51-67)75-44-38-62-33-32-61-16-6-7-21-76(61)82(62)60-75)72-40-45-78-77-22-8-11-27-91(77)115(95(78)58-72)107-109-89-25-14-30-100-102(89)104(111-107)80-23-9-12-28-98(80)117-100/h1-60,81,99H. The Morgan fingerprint density at radius 1 is 0.254 bits per heavy atom. The largest absolute Gasteiger partial charge is 0.309 e. The molecular formula is C108H62N8S2. The highest BCUT2D eigenvalue weighted by atomic mass is 32.2. The average Bonchev–Trinajstić information content (AvgIpc) is 1.55. The van der Waals surface area contributed by atoms with Crippen LogP contribution >= 0.6 is 23.5 Å². The number of hydrogen-bond acceptors (Lipinski definition) is 6. The Kier molecular flexibility index (Phi) is 13.4. The fraction of sp³-hybridized carbons (Fsp3) is 0.0185. The summed E-state index contributed by atoms with van der Waals surface area (Å²) in [6.07, 6.45) is 9.03. The molecule has 546 valence electrons. The summed E-state index contributed by atoms with van der Waals surface area (Å²) in [6, 6.07) is 127. The van der Waals surface area contributed by atoms with Gasteiger partial charge in [-0.05, 0) is 221 Å². The number of benzene rings is 18. The van der Waals surface area contributed by atoms with Crippen LogP contribution in [0.5, 0.6) is 0 Å². The van der Waals surface area contributed by atoms with Gasteiger partial charge in [0, 0.05) is 102 Å². The summed E-state index contributed by atoms with van der Waals surface area (Å²) in [4.78, 5) is 25.9. The monoisotopic (exact) mass is 1530 g/mol. The van der Waals surface area contributed by atoms with Crippen molar-refractivity contribution in [3.8, 4) is 67.9 Å². The first-order valence-corrected chi connectivity index (χ1v) is 42.1. The number of fused-ring (bicyclic) bond motifs is 23. The van der Waals surface area contributed by atoms with Gasteiger partial charge >= 0.3 is 0 Å². The quantitative estimate of drug-likeness (QED) is 0.148. The Morgan fingerprint density at radius 2 is 0.754 bits per heavy atom. The van der Waals surface area contributed by atoms with Crippen molar-refractivity contribution in [1.29, 1.82) is 0 Å². The zero-order valence-electron chi connectivity index (χ0n) is 63.2. The highest BCUT2D eigenvalue weighted by Gasteiger charge is 2.33. The second-order valence-corrected chi connectivity index (χ2v) is 34.2. The topological polar surface area (TPSA) is 71.3 Å². The van der Waals surface area contributed by atoms with Crippen molar-refractivity contribution in [1.82, 2.24) is 38.2 Å². The predicted molar refractivity (Wildman–Crippen MR) is 494 cm³/mol. The van der Waals surface area contributed by atoms with Crippen molar-refractivity contribution < 1.29 is 0 Å². The van der Waals surface area contributed by atoms with Crippen molar-refractivity contribution in [2.24, 2.45) is 0 Å². The number of aromatic nitrogens is 8. The van der Waals surface area contributed by atoms with Gasteiger partial charge in [0.2, 0.25) is 11.9 Å². The van der Waals surface area contributed by atoms with Gasteiger partial charge < -0.3 is 9.13 Å². The minimum absolute atomic E-state index is 0.105. The van der Waals surface area contributed by atoms with E-state index in [0.717, 1.165) is 149 Å². The minimum Gasteiger partial charge on any atom is -0.309 e. The molecule has 8 heterocycles. The molecule has 0 fully saturated rings. The van der Waals surface area contributed by atoms with Crippen LogP contribution in [0.3, 0.4) is 0 Å². The number of rotatable bonds is 7. The van der Waals surface area contributed by atoms with Gasteiger partial charge in [-0.2, -0.15) is 0 Å². The smallest absolute Gasteiger partial charge is 0.235 e. The van der Waals surface area contributed by atoms with E-state index in [4.69, 9.17) is 19.9 Å². The Labute approximate surface area is 683 Å². The molecule has 1 aliphatic carbocycles. The highest BCUT2D eigenvalue weighted by Crippen LogP contribution is 2.52. The fourth-order valence-corrected chi connectivity index (χ4v) is 22.5. The number of allylic oxidation sites excluding steroid dienone is 3. The van der Waals surface area contributed by atoms with E-state index in [1.54, 1.807) is 11.8 Å². The van der Waals surface area contributed by atoms with Gasteiger partial charge in [0.25, 0.3) is 0 Å². The van der Waals surface area contributed by atoms with Crippen LogP contribution in [0.2, 0.25) is 0 Å². The predicted octanol–water partition coefficient (Wildman–Crippen LogP) is 28.5. The molecule has 24 aromatic rings. The molecular weight excluding hydrogens is 1470 g/mol. The molecule has 2 aliphatic heterocycles. The Balaban J connectivity index is 0.639. The van der Waals surface area contributed by atoms with Gasteiger partial charge in [-0.15, -0.1) is 11.8 Å². The average molecular weight is 1540 g/mol. The lowest BCUT2D eigenvalue weighted by atomic mass is 9.93. The molecule has 8 nitrogen and oxygen atoms in total. The van der Waals surface area contributed by atoms with E-state index in [2.05, 4.69) is 382 Å². The third-order valence-corrected chi connectivity index (χ3v) is 28.0. The molecule has 2 unspecified atom stereocenters. The Bertz CT molecular complexity index is 8740. The summed E-state index contributed by atoms with van der Waals surface area (Å²) in [5.74, 6) is 1.43. The summed E-state index contributed by atoms with van der Waals surface area (Å²) >= 11 is 3.71. The van der Waals surface area contributed by atoms with Crippen LogP contribution in [0.25, 0.3) is 231 Å².